The predicted octanol–water partition coefficient (Wildman–Crippen LogP) is 4.00. The van der Waals surface area contributed by atoms with E-state index in [0.717, 1.165) is 27.2 Å². The number of thiophene rings is 1. The smallest absolute Gasteiger partial charge is 0.326 e. The van der Waals surface area contributed by atoms with E-state index >= 15 is 0 Å². The summed E-state index contributed by atoms with van der Waals surface area (Å²) in [5.74, 6) is -0.255. The zero-order chi connectivity index (χ0) is 24.6. The van der Waals surface area contributed by atoms with Crippen LogP contribution < -0.4 is 11.0 Å². The number of rotatable bonds is 6. The summed E-state index contributed by atoms with van der Waals surface area (Å²) >= 11 is 7.01. The Kier molecular flexibility index (Phi) is 6.54. The highest BCUT2D eigenvalue weighted by molar-refractivity contribution is 7.91. The van der Waals surface area contributed by atoms with Crippen LogP contribution in [0.15, 0.2) is 69.7 Å². The molecule has 0 aliphatic carbocycles. The molecule has 0 atom stereocenters. The molecule has 0 spiro atoms. The second kappa shape index (κ2) is 9.62. The number of hydrogen-bond donors (Lipinski definition) is 2. The van der Waals surface area contributed by atoms with Crippen molar-refractivity contribution >= 4 is 49.9 Å². The number of para-hydroxylation sites is 2. The number of amides is 1. The standard InChI is InChI=1S/C24H23ClN4O4S2/c25-17-7-5-16(6-8-17)23(30)26-15-19-9-10-22(34-19)35(32,33)28-13-11-18(12-14-28)29-21-4-2-1-3-20(21)27-24(29)31/h1-10,18H,11-15H2,(H,26,30)(H,27,31). The van der Waals surface area contributed by atoms with Crippen LogP contribution in [-0.2, 0) is 16.6 Å². The van der Waals surface area contributed by atoms with E-state index < -0.39 is 10.0 Å². The molecule has 8 nitrogen and oxygen atoms in total. The Bertz CT molecular complexity index is 1530. The normalized spacial score (nSPS) is 15.5. The van der Waals surface area contributed by atoms with Crippen molar-refractivity contribution in [2.45, 2.75) is 29.6 Å². The number of imidazole rings is 1. The monoisotopic (exact) mass is 530 g/mol. The minimum Gasteiger partial charge on any atom is -0.347 e. The van der Waals surface area contributed by atoms with Gasteiger partial charge in [0.15, 0.2) is 0 Å². The van der Waals surface area contributed by atoms with Gasteiger partial charge in [0.1, 0.15) is 4.21 Å². The number of nitrogens with zero attached hydrogens (tertiary/aromatic N) is 2. The Morgan fingerprint density at radius 1 is 1.06 bits per heavy atom. The Morgan fingerprint density at radius 3 is 2.51 bits per heavy atom. The van der Waals surface area contributed by atoms with E-state index in [1.807, 2.05) is 24.3 Å². The quantitative estimate of drug-likeness (QED) is 0.393. The van der Waals surface area contributed by atoms with Gasteiger partial charge in [0.2, 0.25) is 0 Å². The van der Waals surface area contributed by atoms with Gasteiger partial charge in [-0.25, -0.2) is 13.2 Å². The summed E-state index contributed by atoms with van der Waals surface area (Å²) in [6.07, 6.45) is 1.10. The highest BCUT2D eigenvalue weighted by Crippen LogP contribution is 2.31. The van der Waals surface area contributed by atoms with Crippen LogP contribution >= 0.6 is 22.9 Å². The molecule has 3 heterocycles. The van der Waals surface area contributed by atoms with E-state index in [9.17, 15) is 18.0 Å². The summed E-state index contributed by atoms with van der Waals surface area (Å²) in [6.45, 7) is 0.895. The molecule has 0 saturated carbocycles. The molecule has 1 aliphatic heterocycles. The summed E-state index contributed by atoms with van der Waals surface area (Å²) < 4.78 is 29.9. The number of hydrogen-bond acceptors (Lipinski definition) is 5. The fraction of sp³-hybridized carbons (Fsp3) is 0.250. The maximum atomic E-state index is 13.2. The highest BCUT2D eigenvalue weighted by atomic mass is 35.5. The zero-order valence-electron chi connectivity index (χ0n) is 18.6. The van der Waals surface area contributed by atoms with Crippen molar-refractivity contribution in [1.29, 1.82) is 0 Å². The third kappa shape index (κ3) is 4.79. The van der Waals surface area contributed by atoms with Crippen molar-refractivity contribution in [3.63, 3.8) is 0 Å². The molecule has 182 valence electrons. The van der Waals surface area contributed by atoms with Gasteiger partial charge in [-0.1, -0.05) is 23.7 Å². The minimum atomic E-state index is -3.65. The van der Waals surface area contributed by atoms with Crippen molar-refractivity contribution in [1.82, 2.24) is 19.2 Å². The average molecular weight is 531 g/mol. The zero-order valence-corrected chi connectivity index (χ0v) is 21.0. The number of fused-ring (bicyclic) bond motifs is 1. The van der Waals surface area contributed by atoms with Crippen LogP contribution in [0.5, 0.6) is 0 Å². The molecule has 2 N–H and O–H groups in total. The topological polar surface area (TPSA) is 104 Å². The molecule has 0 unspecified atom stereocenters. The van der Waals surface area contributed by atoms with Crippen LogP contribution in [0, 0.1) is 0 Å². The van der Waals surface area contributed by atoms with Gasteiger partial charge in [-0.2, -0.15) is 4.31 Å². The lowest BCUT2D eigenvalue weighted by atomic mass is 10.1. The first-order valence-electron chi connectivity index (χ1n) is 11.1. The molecule has 4 aromatic rings. The number of carbonyl (C=O) groups excluding carboxylic acids is 1. The van der Waals surface area contributed by atoms with E-state index in [0.29, 0.717) is 36.5 Å². The van der Waals surface area contributed by atoms with E-state index in [1.54, 1.807) is 41.0 Å². The van der Waals surface area contributed by atoms with Gasteiger partial charge < -0.3 is 10.3 Å². The van der Waals surface area contributed by atoms with Gasteiger partial charge in [0.25, 0.3) is 15.9 Å². The molecule has 35 heavy (non-hydrogen) atoms. The van der Waals surface area contributed by atoms with Crippen LogP contribution in [0.25, 0.3) is 11.0 Å². The first-order chi connectivity index (χ1) is 16.8. The largest absolute Gasteiger partial charge is 0.347 e. The summed E-state index contributed by atoms with van der Waals surface area (Å²) in [5, 5.41) is 3.35. The second-order valence-electron chi connectivity index (χ2n) is 8.36. The Labute approximate surface area is 211 Å². The Hall–Kier alpha value is -2.92. The van der Waals surface area contributed by atoms with E-state index in [4.69, 9.17) is 11.6 Å². The lowest BCUT2D eigenvalue weighted by Crippen LogP contribution is -2.40. The number of aromatic amines is 1. The van der Waals surface area contributed by atoms with Crippen LogP contribution in [-0.4, -0.2) is 41.3 Å². The summed E-state index contributed by atoms with van der Waals surface area (Å²) in [5.41, 5.74) is 1.93. The number of nitrogens with one attached hydrogen (secondary N) is 2. The average Bonchev–Trinajstić information content (AvgIpc) is 3.47. The molecule has 1 fully saturated rings. The van der Waals surface area contributed by atoms with Crippen molar-refractivity contribution in [2.75, 3.05) is 13.1 Å². The first-order valence-corrected chi connectivity index (χ1v) is 13.8. The van der Waals surface area contributed by atoms with Crippen LogP contribution in [0.2, 0.25) is 5.02 Å². The van der Waals surface area contributed by atoms with E-state index in [2.05, 4.69) is 10.3 Å². The molecule has 0 bridgehead atoms. The van der Waals surface area contributed by atoms with Gasteiger partial charge in [-0.15, -0.1) is 11.3 Å². The SMILES string of the molecule is O=C(NCc1ccc(S(=O)(=O)N2CCC(n3c(=O)[nH]c4ccccc43)CC2)s1)c1ccc(Cl)cc1. The highest BCUT2D eigenvalue weighted by Gasteiger charge is 2.32. The lowest BCUT2D eigenvalue weighted by molar-refractivity contribution is 0.0951. The summed E-state index contributed by atoms with van der Waals surface area (Å²) in [7, 11) is -3.65. The Balaban J connectivity index is 1.23. The number of aromatic nitrogens is 2. The van der Waals surface area contributed by atoms with Gasteiger partial charge >= 0.3 is 5.69 Å². The van der Waals surface area contributed by atoms with Crippen molar-refractivity contribution in [3.8, 4) is 0 Å². The van der Waals surface area contributed by atoms with Gasteiger partial charge in [0, 0.05) is 34.6 Å². The van der Waals surface area contributed by atoms with Gasteiger partial charge in [-0.05, 0) is 61.4 Å². The molecule has 2 aromatic carbocycles. The number of sulfonamides is 1. The first kappa shape index (κ1) is 23.8. The summed E-state index contributed by atoms with van der Waals surface area (Å²) in [4.78, 5) is 28.4. The minimum absolute atomic E-state index is 0.0629. The maximum Gasteiger partial charge on any atom is 0.326 e. The molecule has 1 amide bonds. The number of piperidine rings is 1. The van der Waals surface area contributed by atoms with Crippen molar-refractivity contribution in [2.24, 2.45) is 0 Å². The molecule has 5 rings (SSSR count). The fourth-order valence-electron chi connectivity index (χ4n) is 4.37. The molecule has 1 aliphatic rings. The third-order valence-electron chi connectivity index (χ3n) is 6.17. The summed E-state index contributed by atoms with van der Waals surface area (Å²) in [6, 6.07) is 17.3. The Morgan fingerprint density at radius 2 is 1.77 bits per heavy atom. The maximum absolute atomic E-state index is 13.2. The number of carbonyl (C=O) groups is 1. The molecule has 0 radical (unpaired) electrons. The van der Waals surface area contributed by atoms with E-state index in [-0.39, 0.29) is 28.4 Å². The van der Waals surface area contributed by atoms with Crippen LogP contribution in [0.1, 0.15) is 34.1 Å². The number of benzene rings is 2. The molecular formula is C24H23ClN4O4S2. The number of halogens is 1. The molecule has 1 saturated heterocycles. The second-order valence-corrected chi connectivity index (χ2v) is 12.1. The number of H-pyrrole nitrogens is 1. The van der Waals surface area contributed by atoms with Crippen LogP contribution in [0.3, 0.4) is 0 Å². The molecule has 11 heteroatoms. The van der Waals surface area contributed by atoms with Crippen molar-refractivity contribution in [3.05, 3.63) is 86.6 Å². The molecule has 2 aromatic heterocycles. The lowest BCUT2D eigenvalue weighted by Gasteiger charge is -2.31. The van der Waals surface area contributed by atoms with Gasteiger partial charge in [0.05, 0.1) is 17.6 Å². The van der Waals surface area contributed by atoms with E-state index in [1.165, 1.54) is 4.31 Å². The third-order valence-corrected chi connectivity index (χ3v) is 9.88. The fourth-order valence-corrected chi connectivity index (χ4v) is 7.41. The predicted molar refractivity (Wildman–Crippen MR) is 137 cm³/mol. The van der Waals surface area contributed by atoms with Crippen molar-refractivity contribution < 1.29 is 13.2 Å². The van der Waals surface area contributed by atoms with Gasteiger partial charge in [-0.3, -0.25) is 9.36 Å². The van der Waals surface area contributed by atoms with Crippen LogP contribution in [0.4, 0.5) is 0 Å². The molecular weight excluding hydrogens is 508 g/mol.